The summed E-state index contributed by atoms with van der Waals surface area (Å²) in [6, 6.07) is 6.65. The maximum absolute atomic E-state index is 11.9. The lowest BCUT2D eigenvalue weighted by Crippen LogP contribution is -2.29. The van der Waals surface area contributed by atoms with E-state index in [-0.39, 0.29) is 5.56 Å². The van der Waals surface area contributed by atoms with Crippen LogP contribution in [0.5, 0.6) is 0 Å². The molecule has 0 saturated heterocycles. The van der Waals surface area contributed by atoms with Gasteiger partial charge in [-0.15, -0.1) is 0 Å². The molecule has 1 atom stereocenters. The SMILES string of the molecule is O=C(C(=O)S(=O)C(F)(F)F)c1ccccc1. The summed E-state index contributed by atoms with van der Waals surface area (Å²) in [5.74, 6) is -1.41. The van der Waals surface area contributed by atoms with Gasteiger partial charge in [-0.25, -0.2) is 4.21 Å². The van der Waals surface area contributed by atoms with E-state index in [1.54, 1.807) is 0 Å². The number of alkyl halides is 3. The van der Waals surface area contributed by atoms with Gasteiger partial charge in [-0.3, -0.25) is 9.59 Å². The summed E-state index contributed by atoms with van der Waals surface area (Å²) in [5.41, 5.74) is -5.42. The number of carbonyl (C=O) groups excluding carboxylic acids is 2. The molecule has 16 heavy (non-hydrogen) atoms. The molecule has 0 spiro atoms. The van der Waals surface area contributed by atoms with Crippen molar-refractivity contribution < 1.29 is 27.0 Å². The molecule has 1 aromatic rings. The van der Waals surface area contributed by atoms with E-state index in [0.717, 1.165) is 0 Å². The molecular weight excluding hydrogens is 245 g/mol. The third-order valence-corrected chi connectivity index (χ3v) is 2.54. The van der Waals surface area contributed by atoms with Gasteiger partial charge in [-0.1, -0.05) is 30.3 Å². The maximum atomic E-state index is 11.9. The number of Topliss-reactive ketones (excluding diaryl/α,β-unsaturated/α-hetero) is 1. The Hall–Kier alpha value is -1.50. The van der Waals surface area contributed by atoms with Crippen LogP contribution in [0.1, 0.15) is 10.4 Å². The van der Waals surface area contributed by atoms with Gasteiger partial charge in [0, 0.05) is 5.56 Å². The molecule has 0 amide bonds. The summed E-state index contributed by atoms with van der Waals surface area (Å²) < 4.78 is 46.3. The lowest BCUT2D eigenvalue weighted by atomic mass is 10.1. The molecule has 0 aliphatic rings. The normalized spacial score (nSPS) is 13.2. The standard InChI is InChI=1S/C9H5F3O3S/c10-9(11,12)16(15)8(14)7(13)6-4-2-1-3-5-6/h1-5H. The highest BCUT2D eigenvalue weighted by atomic mass is 32.2. The first kappa shape index (κ1) is 12.6. The topological polar surface area (TPSA) is 51.2 Å². The van der Waals surface area contributed by atoms with E-state index in [1.165, 1.54) is 30.3 Å². The van der Waals surface area contributed by atoms with E-state index in [4.69, 9.17) is 0 Å². The number of benzene rings is 1. The van der Waals surface area contributed by atoms with E-state index in [1.807, 2.05) is 0 Å². The molecule has 0 radical (unpaired) electrons. The predicted molar refractivity (Wildman–Crippen MR) is 50.0 cm³/mol. The molecule has 3 nitrogen and oxygen atoms in total. The molecule has 0 aromatic heterocycles. The number of rotatable bonds is 2. The van der Waals surface area contributed by atoms with Crippen LogP contribution in [0.15, 0.2) is 30.3 Å². The molecule has 0 aliphatic carbocycles. The number of ketones is 1. The van der Waals surface area contributed by atoms with Crippen LogP contribution in [0.2, 0.25) is 0 Å². The summed E-state index contributed by atoms with van der Waals surface area (Å²) in [6.07, 6.45) is 0. The molecule has 1 unspecified atom stereocenters. The highest BCUT2D eigenvalue weighted by Crippen LogP contribution is 2.21. The number of carbonyl (C=O) groups is 2. The van der Waals surface area contributed by atoms with Crippen LogP contribution in [0.3, 0.4) is 0 Å². The van der Waals surface area contributed by atoms with Crippen molar-refractivity contribution in [3.05, 3.63) is 35.9 Å². The molecule has 7 heteroatoms. The lowest BCUT2D eigenvalue weighted by molar-refractivity contribution is -0.109. The summed E-state index contributed by atoms with van der Waals surface area (Å²) in [7, 11) is -3.80. The highest BCUT2D eigenvalue weighted by molar-refractivity contribution is 8.03. The average molecular weight is 250 g/mol. The Balaban J connectivity index is 2.93. The minimum atomic E-state index is -5.21. The zero-order valence-corrected chi connectivity index (χ0v) is 8.47. The van der Waals surface area contributed by atoms with Crippen molar-refractivity contribution in [3.63, 3.8) is 0 Å². The van der Waals surface area contributed by atoms with Gasteiger partial charge in [0.15, 0.2) is 0 Å². The Morgan fingerprint density at radius 1 is 1.06 bits per heavy atom. The van der Waals surface area contributed by atoms with Crippen molar-refractivity contribution >= 4 is 21.7 Å². The smallest absolute Gasteiger partial charge is 0.284 e. The third kappa shape index (κ3) is 2.75. The van der Waals surface area contributed by atoms with Crippen molar-refractivity contribution in [3.8, 4) is 0 Å². The Bertz CT molecular complexity index is 439. The lowest BCUT2D eigenvalue weighted by Gasteiger charge is -2.03. The van der Waals surface area contributed by atoms with Gasteiger partial charge in [-0.05, 0) is 0 Å². The largest absolute Gasteiger partial charge is 0.479 e. The van der Waals surface area contributed by atoms with Crippen LogP contribution < -0.4 is 0 Å². The molecule has 1 aromatic carbocycles. The minimum absolute atomic E-state index is 0.217. The van der Waals surface area contributed by atoms with Crippen molar-refractivity contribution in [1.82, 2.24) is 0 Å². The van der Waals surface area contributed by atoms with Gasteiger partial charge in [-0.2, -0.15) is 13.2 Å². The van der Waals surface area contributed by atoms with E-state index in [0.29, 0.717) is 0 Å². The Morgan fingerprint density at radius 2 is 1.56 bits per heavy atom. The Morgan fingerprint density at radius 3 is 2.00 bits per heavy atom. The molecule has 0 fully saturated rings. The van der Waals surface area contributed by atoms with Crippen molar-refractivity contribution in [2.75, 3.05) is 0 Å². The number of halogens is 3. The van der Waals surface area contributed by atoms with Gasteiger partial charge >= 0.3 is 5.51 Å². The zero-order valence-electron chi connectivity index (χ0n) is 7.65. The molecule has 0 heterocycles. The van der Waals surface area contributed by atoms with Crippen LogP contribution in [0, 0.1) is 0 Å². The fourth-order valence-corrected chi connectivity index (χ4v) is 1.39. The van der Waals surface area contributed by atoms with Crippen molar-refractivity contribution in [2.24, 2.45) is 0 Å². The van der Waals surface area contributed by atoms with Crippen molar-refractivity contribution in [1.29, 1.82) is 0 Å². The third-order valence-electron chi connectivity index (χ3n) is 1.60. The second-order valence-electron chi connectivity index (χ2n) is 2.70. The fraction of sp³-hybridized carbons (Fsp3) is 0.111. The Kier molecular flexibility index (Phi) is 3.58. The number of hydrogen-bond acceptors (Lipinski definition) is 3. The minimum Gasteiger partial charge on any atom is -0.284 e. The zero-order chi connectivity index (χ0) is 12.3. The first-order valence-corrected chi connectivity index (χ1v) is 5.11. The van der Waals surface area contributed by atoms with E-state index < -0.39 is 27.2 Å². The van der Waals surface area contributed by atoms with Crippen LogP contribution >= 0.6 is 0 Å². The van der Waals surface area contributed by atoms with Crippen LogP contribution in [-0.4, -0.2) is 20.6 Å². The number of hydrogen-bond donors (Lipinski definition) is 0. The summed E-state index contributed by atoms with van der Waals surface area (Å²) in [6.45, 7) is 0. The van der Waals surface area contributed by atoms with E-state index in [9.17, 15) is 27.0 Å². The Labute approximate surface area is 90.7 Å². The van der Waals surface area contributed by atoms with Crippen LogP contribution in [-0.2, 0) is 15.6 Å². The van der Waals surface area contributed by atoms with Gasteiger partial charge in [0.2, 0.25) is 16.6 Å². The monoisotopic (exact) mass is 250 g/mol. The van der Waals surface area contributed by atoms with Crippen LogP contribution in [0.4, 0.5) is 13.2 Å². The van der Waals surface area contributed by atoms with Gasteiger partial charge < -0.3 is 0 Å². The molecule has 0 N–H and O–H groups in total. The molecule has 1 rings (SSSR count). The summed E-state index contributed by atoms with van der Waals surface area (Å²) in [4.78, 5) is 22.1. The second-order valence-corrected chi connectivity index (χ2v) is 4.07. The van der Waals surface area contributed by atoms with Crippen molar-refractivity contribution in [2.45, 2.75) is 5.51 Å². The molecule has 86 valence electrons. The maximum Gasteiger partial charge on any atom is 0.479 e. The molecule has 0 bridgehead atoms. The summed E-state index contributed by atoms with van der Waals surface area (Å²) in [5, 5.41) is -1.96. The van der Waals surface area contributed by atoms with Crippen LogP contribution in [0.25, 0.3) is 0 Å². The fourth-order valence-electron chi connectivity index (χ4n) is 0.897. The molecular formula is C9H5F3O3S. The molecule has 0 aliphatic heterocycles. The summed E-state index contributed by atoms with van der Waals surface area (Å²) >= 11 is 0. The first-order valence-electron chi connectivity index (χ1n) is 3.96. The van der Waals surface area contributed by atoms with E-state index >= 15 is 0 Å². The highest BCUT2D eigenvalue weighted by Gasteiger charge is 2.44. The van der Waals surface area contributed by atoms with E-state index in [2.05, 4.69) is 0 Å². The van der Waals surface area contributed by atoms with Gasteiger partial charge in [0.05, 0.1) is 0 Å². The first-order chi connectivity index (χ1) is 7.34. The average Bonchev–Trinajstić information content (AvgIpc) is 2.26. The molecule has 0 saturated carbocycles. The quantitative estimate of drug-likeness (QED) is 0.592. The second kappa shape index (κ2) is 4.56. The predicted octanol–water partition coefficient (Wildman–Crippen LogP) is 1.66. The van der Waals surface area contributed by atoms with Gasteiger partial charge in [0.25, 0.3) is 5.12 Å². The van der Waals surface area contributed by atoms with Gasteiger partial charge in [0.1, 0.15) is 0 Å².